The second kappa shape index (κ2) is 37.9. The Kier molecular flexibility index (Phi) is 34.1. The van der Waals surface area contributed by atoms with Crippen LogP contribution in [0.15, 0.2) is 47.1 Å². The third-order valence-corrected chi connectivity index (χ3v) is 14.4. The minimum Gasteiger partial charge on any atom is -0.487 e. The molecule has 6 heteroatoms. The van der Waals surface area contributed by atoms with E-state index in [1.54, 1.807) is 0 Å². The number of carbonyl (C=O) groups excluding carboxylic acids is 2. The van der Waals surface area contributed by atoms with Crippen molar-refractivity contribution in [3.8, 4) is 11.5 Å². The molecule has 0 saturated carbocycles. The minimum atomic E-state index is -0.194. The van der Waals surface area contributed by atoms with Gasteiger partial charge < -0.3 is 19.1 Å². The summed E-state index contributed by atoms with van der Waals surface area (Å²) >= 11 is 0. The molecule has 2 rings (SSSR count). The molecule has 2 unspecified atom stereocenters. The van der Waals surface area contributed by atoms with E-state index >= 15 is 0 Å². The lowest BCUT2D eigenvalue weighted by Gasteiger charge is -2.37. The van der Waals surface area contributed by atoms with Crippen LogP contribution in [0.1, 0.15) is 271 Å². The number of fused-ring (bicyclic) bond motifs is 1. The Bertz CT molecular complexity index is 1570. The standard InChI is InChI=1S/C62H107NO5/c1-11-13-15-17-19-26-40-57(41-27-20-18-16-14-12-2)66-59(64)42-28-22-21-24-38-55(45-48-63(9)10)39-25-23-29-43-60(65)67-58-49-54(7)61-56(50-58)44-47-62(8,68-61)46-32-37-53(6)36-31-35-52(5)34-30-33-51(3)4/h33,35,37,49-50,55,57H,11-32,34,36,38-48H2,1-10H3/b52-35+,53-37+. The number of hydrogen-bond donors (Lipinski definition) is 0. The summed E-state index contributed by atoms with van der Waals surface area (Å²) in [5.74, 6) is 2.21. The number of ether oxygens (including phenoxy) is 3. The van der Waals surface area contributed by atoms with Crippen LogP contribution in [-0.4, -0.2) is 49.2 Å². The summed E-state index contributed by atoms with van der Waals surface area (Å²) in [5.41, 5.74) is 6.34. The van der Waals surface area contributed by atoms with Gasteiger partial charge in [0.05, 0.1) is 0 Å². The number of carbonyl (C=O) groups is 2. The van der Waals surface area contributed by atoms with Gasteiger partial charge in [-0.15, -0.1) is 0 Å². The second-order valence-electron chi connectivity index (χ2n) is 22.0. The average Bonchev–Trinajstić information content (AvgIpc) is 3.28. The van der Waals surface area contributed by atoms with Crippen LogP contribution in [-0.2, 0) is 20.7 Å². The van der Waals surface area contributed by atoms with Gasteiger partial charge >= 0.3 is 11.9 Å². The summed E-state index contributed by atoms with van der Waals surface area (Å²) in [6, 6.07) is 4.01. The van der Waals surface area contributed by atoms with Crippen LogP contribution in [0, 0.1) is 12.8 Å². The summed E-state index contributed by atoms with van der Waals surface area (Å²) in [6.45, 7) is 18.8. The van der Waals surface area contributed by atoms with Crippen molar-refractivity contribution in [2.75, 3.05) is 20.6 Å². The van der Waals surface area contributed by atoms with Crippen LogP contribution in [0.25, 0.3) is 0 Å². The monoisotopic (exact) mass is 946 g/mol. The predicted octanol–water partition coefficient (Wildman–Crippen LogP) is 18.5. The summed E-state index contributed by atoms with van der Waals surface area (Å²) in [4.78, 5) is 28.2. The van der Waals surface area contributed by atoms with Gasteiger partial charge in [0, 0.05) is 12.8 Å². The smallest absolute Gasteiger partial charge is 0.311 e. The lowest BCUT2D eigenvalue weighted by atomic mass is 9.87. The highest BCUT2D eigenvalue weighted by atomic mass is 16.5. The molecule has 0 bridgehead atoms. The molecule has 1 heterocycles. The highest BCUT2D eigenvalue weighted by Crippen LogP contribution is 2.40. The number of hydrogen-bond acceptors (Lipinski definition) is 6. The van der Waals surface area contributed by atoms with E-state index in [1.807, 2.05) is 12.1 Å². The van der Waals surface area contributed by atoms with Crippen molar-refractivity contribution in [3.05, 3.63) is 58.2 Å². The molecule has 0 N–H and O–H groups in total. The molecule has 1 aliphatic heterocycles. The van der Waals surface area contributed by atoms with Crippen molar-refractivity contribution in [1.29, 1.82) is 0 Å². The lowest BCUT2D eigenvalue weighted by molar-refractivity contribution is -0.150. The number of aryl methyl sites for hydroxylation is 2. The molecule has 2 atom stereocenters. The first-order valence-corrected chi connectivity index (χ1v) is 28.6. The summed E-state index contributed by atoms with van der Waals surface area (Å²) in [5, 5.41) is 0. The molecule has 6 nitrogen and oxygen atoms in total. The summed E-state index contributed by atoms with van der Waals surface area (Å²) < 4.78 is 18.7. The SMILES string of the molecule is CCCCCCCCC(CCCCCCCC)OC(=O)CCCCCCC(CCCCCC(=O)Oc1cc(C)c2c(c1)CCC(C)(CC/C=C(\C)CC/C=C(\C)CCC=C(C)C)O2)CCN(C)C. The first kappa shape index (κ1) is 61.3. The van der Waals surface area contributed by atoms with Gasteiger partial charge in [-0.1, -0.05) is 158 Å². The number of unbranched alkanes of at least 4 members (excludes halogenated alkanes) is 15. The molecule has 0 amide bonds. The van der Waals surface area contributed by atoms with Crippen LogP contribution in [0.5, 0.6) is 11.5 Å². The Morgan fingerprint density at radius 3 is 1.75 bits per heavy atom. The fourth-order valence-electron chi connectivity index (χ4n) is 9.84. The summed E-state index contributed by atoms with van der Waals surface area (Å²) in [6.07, 6.45) is 45.3. The number of rotatable bonds is 41. The van der Waals surface area contributed by atoms with Gasteiger partial charge in [0.25, 0.3) is 0 Å². The number of esters is 2. The topological polar surface area (TPSA) is 65.1 Å². The van der Waals surface area contributed by atoms with Crippen LogP contribution in [0.3, 0.4) is 0 Å². The normalized spacial score (nSPS) is 15.6. The Hall–Kier alpha value is -2.86. The zero-order chi connectivity index (χ0) is 49.8. The van der Waals surface area contributed by atoms with E-state index in [1.165, 1.54) is 126 Å². The predicted molar refractivity (Wildman–Crippen MR) is 292 cm³/mol. The zero-order valence-electron chi connectivity index (χ0n) is 46.3. The van der Waals surface area contributed by atoms with Crippen molar-refractivity contribution in [3.63, 3.8) is 0 Å². The van der Waals surface area contributed by atoms with Gasteiger partial charge in [0.2, 0.25) is 0 Å². The molecule has 1 aromatic rings. The van der Waals surface area contributed by atoms with E-state index in [9.17, 15) is 9.59 Å². The van der Waals surface area contributed by atoms with Crippen LogP contribution in [0.4, 0.5) is 0 Å². The Morgan fingerprint density at radius 2 is 1.16 bits per heavy atom. The maximum absolute atomic E-state index is 13.0. The fraction of sp³-hybridized carbons (Fsp3) is 0.774. The quantitative estimate of drug-likeness (QED) is 0.0282. The van der Waals surface area contributed by atoms with Gasteiger partial charge in [0.15, 0.2) is 0 Å². The second-order valence-corrected chi connectivity index (χ2v) is 22.0. The van der Waals surface area contributed by atoms with Crippen molar-refractivity contribution < 1.29 is 23.8 Å². The Morgan fingerprint density at radius 1 is 0.647 bits per heavy atom. The van der Waals surface area contributed by atoms with Gasteiger partial charge in [-0.3, -0.25) is 9.59 Å². The summed E-state index contributed by atoms with van der Waals surface area (Å²) in [7, 11) is 4.33. The van der Waals surface area contributed by atoms with E-state index < -0.39 is 0 Å². The highest BCUT2D eigenvalue weighted by molar-refractivity contribution is 5.72. The largest absolute Gasteiger partial charge is 0.487 e. The molecular formula is C62H107NO5. The van der Waals surface area contributed by atoms with Crippen LogP contribution < -0.4 is 9.47 Å². The molecule has 1 aromatic carbocycles. The van der Waals surface area contributed by atoms with E-state index in [4.69, 9.17) is 14.2 Å². The molecule has 1 aliphatic rings. The highest BCUT2D eigenvalue weighted by Gasteiger charge is 2.32. The number of nitrogens with zero attached hydrogens (tertiary/aromatic N) is 1. The van der Waals surface area contributed by atoms with Crippen LogP contribution >= 0.6 is 0 Å². The molecule has 0 aromatic heterocycles. The molecule has 390 valence electrons. The molecular weight excluding hydrogens is 839 g/mol. The van der Waals surface area contributed by atoms with E-state index in [0.29, 0.717) is 24.5 Å². The molecule has 0 spiro atoms. The van der Waals surface area contributed by atoms with E-state index in [2.05, 4.69) is 92.6 Å². The van der Waals surface area contributed by atoms with Gasteiger partial charge in [-0.25, -0.2) is 0 Å². The molecule has 0 saturated heterocycles. The van der Waals surface area contributed by atoms with E-state index in [0.717, 1.165) is 120 Å². The first-order chi connectivity index (χ1) is 32.7. The zero-order valence-corrected chi connectivity index (χ0v) is 46.3. The lowest BCUT2D eigenvalue weighted by Crippen LogP contribution is -2.36. The minimum absolute atomic E-state index is 0.0237. The average molecular weight is 947 g/mol. The molecule has 0 radical (unpaired) electrons. The van der Waals surface area contributed by atoms with Crippen molar-refractivity contribution >= 4 is 11.9 Å². The van der Waals surface area contributed by atoms with Crippen molar-refractivity contribution in [1.82, 2.24) is 4.90 Å². The fourth-order valence-corrected chi connectivity index (χ4v) is 9.84. The maximum Gasteiger partial charge on any atom is 0.311 e. The number of benzene rings is 1. The van der Waals surface area contributed by atoms with Crippen molar-refractivity contribution in [2.24, 2.45) is 5.92 Å². The van der Waals surface area contributed by atoms with Crippen LogP contribution in [0.2, 0.25) is 0 Å². The van der Waals surface area contributed by atoms with Gasteiger partial charge in [-0.2, -0.15) is 0 Å². The molecule has 0 fully saturated rings. The maximum atomic E-state index is 13.0. The Labute approximate surface area is 420 Å². The first-order valence-electron chi connectivity index (χ1n) is 28.6. The third-order valence-electron chi connectivity index (χ3n) is 14.4. The third kappa shape index (κ3) is 30.7. The van der Waals surface area contributed by atoms with Gasteiger partial charge in [0.1, 0.15) is 23.2 Å². The molecule has 0 aliphatic carbocycles. The Balaban J connectivity index is 1.70. The number of allylic oxidation sites excluding steroid dienone is 6. The van der Waals surface area contributed by atoms with Gasteiger partial charge in [-0.05, 0) is 188 Å². The van der Waals surface area contributed by atoms with Crippen molar-refractivity contribution in [2.45, 2.75) is 285 Å². The van der Waals surface area contributed by atoms with E-state index in [-0.39, 0.29) is 23.6 Å². The molecule has 68 heavy (non-hydrogen) atoms.